The van der Waals surface area contributed by atoms with E-state index in [1.165, 1.54) is 57.8 Å². The van der Waals surface area contributed by atoms with Gasteiger partial charge in [0.1, 0.15) is 11.6 Å². The van der Waals surface area contributed by atoms with Crippen LogP contribution in [-0.4, -0.2) is 102 Å². The standard InChI is InChI=1S/C46H82N8O5/c1-3-38-24-16-17-28-45(59-38)35-37-26-27-39-41(46(29-21-23-36(2)58-46)52-44(51-45)54(37)39)42(56)57-34-20-14-12-10-8-6-4-5-7-9-11-13-15-25-40(55)53(32-19-18-30-47)33-22-31-50-43(48)49/h16,24,36-39,41H,3-15,17-23,25-35,47H2,1-2H3,(H,51,52)(H4,48,49,50)/t36-,37+,38+,39-,41-,45+,46-/m0/s1. The lowest BCUT2D eigenvalue weighted by Crippen LogP contribution is -2.71. The molecule has 5 aliphatic rings. The molecule has 5 aliphatic heterocycles. The van der Waals surface area contributed by atoms with Crippen molar-refractivity contribution in [2.45, 2.75) is 217 Å². The Morgan fingerprint density at radius 2 is 1.61 bits per heavy atom. The molecule has 3 saturated heterocycles. The minimum Gasteiger partial charge on any atom is -0.465 e. The van der Waals surface area contributed by atoms with E-state index in [-0.39, 0.29) is 36.1 Å². The van der Waals surface area contributed by atoms with E-state index in [1.807, 2.05) is 4.90 Å². The number of ether oxygens (including phenoxy) is 3. The van der Waals surface area contributed by atoms with Crippen molar-refractivity contribution in [2.75, 3.05) is 32.8 Å². The molecule has 0 aromatic rings. The van der Waals surface area contributed by atoms with E-state index in [0.29, 0.717) is 38.7 Å². The average Bonchev–Trinajstić information content (AvgIpc) is 3.51. The molecule has 0 aromatic carbocycles. The van der Waals surface area contributed by atoms with E-state index < -0.39 is 17.4 Å². The maximum Gasteiger partial charge on any atom is 0.316 e. The van der Waals surface area contributed by atoms with E-state index in [4.69, 9.17) is 36.4 Å². The van der Waals surface area contributed by atoms with Crippen molar-refractivity contribution >= 4 is 23.8 Å². The van der Waals surface area contributed by atoms with Crippen LogP contribution in [0.3, 0.4) is 0 Å². The lowest BCUT2D eigenvalue weighted by atomic mass is 9.80. The molecule has 5 rings (SSSR count). The maximum absolute atomic E-state index is 14.1. The number of allylic oxidation sites excluding steroid dienone is 1. The van der Waals surface area contributed by atoms with Crippen molar-refractivity contribution in [3.8, 4) is 0 Å². The number of aliphatic imine (C=N–C) groups is 2. The highest BCUT2D eigenvalue weighted by Crippen LogP contribution is 2.50. The van der Waals surface area contributed by atoms with Crippen LogP contribution < -0.4 is 22.5 Å². The summed E-state index contributed by atoms with van der Waals surface area (Å²) in [5, 5.41) is 3.80. The van der Waals surface area contributed by atoms with E-state index in [9.17, 15) is 9.59 Å². The minimum absolute atomic E-state index is 0.0323. The van der Waals surface area contributed by atoms with Crippen molar-refractivity contribution in [1.29, 1.82) is 0 Å². The van der Waals surface area contributed by atoms with E-state index >= 15 is 0 Å². The van der Waals surface area contributed by atoms with Crippen molar-refractivity contribution in [3.63, 3.8) is 0 Å². The maximum atomic E-state index is 14.1. The van der Waals surface area contributed by atoms with Gasteiger partial charge in [-0.25, -0.2) is 4.99 Å². The van der Waals surface area contributed by atoms with Gasteiger partial charge < -0.3 is 46.5 Å². The number of nitrogens with one attached hydrogen (secondary N) is 1. The predicted octanol–water partition coefficient (Wildman–Crippen LogP) is 7.16. The van der Waals surface area contributed by atoms with Crippen LogP contribution in [0, 0.1) is 5.92 Å². The van der Waals surface area contributed by atoms with Crippen molar-refractivity contribution < 1.29 is 23.8 Å². The van der Waals surface area contributed by atoms with Gasteiger partial charge in [0.2, 0.25) is 5.91 Å². The normalized spacial score (nSPS) is 28.5. The zero-order chi connectivity index (χ0) is 41.9. The summed E-state index contributed by atoms with van der Waals surface area (Å²) in [6.45, 7) is 7.42. The average molecular weight is 827 g/mol. The Morgan fingerprint density at radius 1 is 0.915 bits per heavy atom. The lowest BCUT2D eigenvalue weighted by molar-refractivity contribution is -0.194. The molecular weight excluding hydrogens is 745 g/mol. The molecule has 59 heavy (non-hydrogen) atoms. The number of unbranched alkanes of at least 4 members (excludes halogenated alkanes) is 13. The molecule has 0 aliphatic carbocycles. The van der Waals surface area contributed by atoms with Crippen LogP contribution in [0.4, 0.5) is 0 Å². The van der Waals surface area contributed by atoms with Gasteiger partial charge in [0.05, 0.1) is 24.9 Å². The summed E-state index contributed by atoms with van der Waals surface area (Å²) in [4.78, 5) is 40.7. The number of carbonyl (C=O) groups excluding carboxylic acids is 2. The number of rotatable bonds is 26. The summed E-state index contributed by atoms with van der Waals surface area (Å²) >= 11 is 0. The third-order valence-electron chi connectivity index (χ3n) is 13.4. The van der Waals surface area contributed by atoms with Crippen LogP contribution in [-0.2, 0) is 23.8 Å². The van der Waals surface area contributed by atoms with Crippen LogP contribution >= 0.6 is 0 Å². The summed E-state index contributed by atoms with van der Waals surface area (Å²) in [7, 11) is 0. The zero-order valence-corrected chi connectivity index (χ0v) is 37.0. The summed E-state index contributed by atoms with van der Waals surface area (Å²) in [6, 6.07) is 0.331. The molecule has 13 heteroatoms. The first-order chi connectivity index (χ1) is 28.7. The Labute approximate surface area is 356 Å². The highest BCUT2D eigenvalue weighted by Gasteiger charge is 2.62. The van der Waals surface area contributed by atoms with Gasteiger partial charge >= 0.3 is 5.97 Å². The fourth-order valence-electron chi connectivity index (χ4n) is 10.3. The fourth-order valence-corrected chi connectivity index (χ4v) is 10.3. The smallest absolute Gasteiger partial charge is 0.316 e. The molecule has 7 N–H and O–H groups in total. The first kappa shape index (κ1) is 47.2. The molecule has 0 radical (unpaired) electrons. The predicted molar refractivity (Wildman–Crippen MR) is 236 cm³/mol. The fraction of sp³-hybridized carbons (Fsp3) is 0.870. The number of hydrogen-bond acceptors (Lipinski definition) is 10. The Balaban J connectivity index is 0.930. The largest absolute Gasteiger partial charge is 0.465 e. The SMILES string of the molecule is CC[C@@H]1C=CCC[C@]2(C[C@H]3CC[C@H]4[C@@H](C(=O)OCCCCCCCCCCCCCCCC(=O)N(CCCCN)CCCN=C(N)N)[C@@]5(CCC[C@H](C)O5)N=C(N2)N34)O1. The molecule has 336 valence electrons. The molecule has 3 fully saturated rings. The van der Waals surface area contributed by atoms with Crippen LogP contribution in [0.1, 0.15) is 181 Å². The molecule has 2 spiro atoms. The van der Waals surface area contributed by atoms with E-state index in [0.717, 1.165) is 115 Å². The Morgan fingerprint density at radius 3 is 2.29 bits per heavy atom. The van der Waals surface area contributed by atoms with Gasteiger partial charge in [-0.2, -0.15) is 0 Å². The van der Waals surface area contributed by atoms with Gasteiger partial charge in [0.15, 0.2) is 17.6 Å². The third-order valence-corrected chi connectivity index (χ3v) is 13.4. The molecule has 0 aromatic heterocycles. The Bertz CT molecular complexity index is 1370. The van der Waals surface area contributed by atoms with Crippen molar-refractivity contribution in [3.05, 3.63) is 12.2 Å². The molecule has 13 nitrogen and oxygen atoms in total. The Kier molecular flexibility index (Phi) is 19.6. The van der Waals surface area contributed by atoms with Crippen LogP contribution in [0.15, 0.2) is 22.1 Å². The number of nitrogens with two attached hydrogens (primary N) is 3. The summed E-state index contributed by atoms with van der Waals surface area (Å²) in [6.07, 6.45) is 31.6. The highest BCUT2D eigenvalue weighted by atomic mass is 16.6. The van der Waals surface area contributed by atoms with Gasteiger partial charge in [-0.1, -0.05) is 89.7 Å². The number of carbonyl (C=O) groups is 2. The molecule has 1 amide bonds. The second kappa shape index (κ2) is 24.5. The summed E-state index contributed by atoms with van der Waals surface area (Å²) in [5.41, 5.74) is 15.2. The van der Waals surface area contributed by atoms with Gasteiger partial charge in [0, 0.05) is 38.5 Å². The number of hydrogen-bond donors (Lipinski definition) is 4. The van der Waals surface area contributed by atoms with Crippen molar-refractivity contribution in [2.24, 2.45) is 33.1 Å². The van der Waals surface area contributed by atoms with E-state index in [1.54, 1.807) is 0 Å². The molecule has 0 unspecified atom stereocenters. The second-order valence-electron chi connectivity index (χ2n) is 18.2. The number of nitrogens with zero attached hydrogens (tertiary/aromatic N) is 4. The zero-order valence-electron chi connectivity index (χ0n) is 37.0. The molecule has 5 heterocycles. The lowest BCUT2D eigenvalue weighted by Gasteiger charge is -2.55. The number of guanidine groups is 2. The van der Waals surface area contributed by atoms with Gasteiger partial charge in [-0.3, -0.25) is 14.6 Å². The second-order valence-corrected chi connectivity index (χ2v) is 18.2. The molecule has 0 bridgehead atoms. The highest BCUT2D eigenvalue weighted by molar-refractivity contribution is 5.87. The number of amides is 1. The molecule has 7 atom stereocenters. The summed E-state index contributed by atoms with van der Waals surface area (Å²) in [5.74, 6) is 0.663. The third kappa shape index (κ3) is 14.1. The van der Waals surface area contributed by atoms with Crippen LogP contribution in [0.5, 0.6) is 0 Å². The topological polar surface area (TPSA) is 183 Å². The van der Waals surface area contributed by atoms with Gasteiger partial charge in [-0.05, 0) is 96.9 Å². The first-order valence-corrected chi connectivity index (χ1v) is 24.1. The minimum atomic E-state index is -0.885. The number of esters is 1. The van der Waals surface area contributed by atoms with Crippen LogP contribution in [0.2, 0.25) is 0 Å². The van der Waals surface area contributed by atoms with Gasteiger partial charge in [0.25, 0.3) is 0 Å². The van der Waals surface area contributed by atoms with Crippen LogP contribution in [0.25, 0.3) is 0 Å². The molecular formula is C46H82N8O5. The quantitative estimate of drug-likeness (QED) is 0.0230. The Hall–Kier alpha value is -2.90. The monoisotopic (exact) mass is 827 g/mol. The van der Waals surface area contributed by atoms with Crippen molar-refractivity contribution in [1.82, 2.24) is 15.1 Å². The van der Waals surface area contributed by atoms with E-state index in [2.05, 4.69) is 41.2 Å². The van der Waals surface area contributed by atoms with Gasteiger partial charge in [-0.15, -0.1) is 0 Å². The first-order valence-electron chi connectivity index (χ1n) is 24.1. The summed E-state index contributed by atoms with van der Waals surface area (Å²) < 4.78 is 19.6. The molecule has 0 saturated carbocycles.